The predicted octanol–water partition coefficient (Wildman–Crippen LogP) is 3.49. The Morgan fingerprint density at radius 2 is 1.95 bits per heavy atom. The smallest absolute Gasteiger partial charge is 0.130 e. The van der Waals surface area contributed by atoms with E-state index in [9.17, 15) is 4.39 Å². The lowest BCUT2D eigenvalue weighted by Crippen LogP contribution is -2.38. The van der Waals surface area contributed by atoms with Crippen LogP contribution in [0.25, 0.3) is 0 Å². The zero-order valence-electron chi connectivity index (χ0n) is 13.0. The van der Waals surface area contributed by atoms with E-state index in [1.807, 2.05) is 13.0 Å². The van der Waals surface area contributed by atoms with Crippen LogP contribution in [0.2, 0.25) is 0 Å². The maximum absolute atomic E-state index is 14.1. The summed E-state index contributed by atoms with van der Waals surface area (Å²) in [5, 5.41) is 0. The van der Waals surface area contributed by atoms with Crippen LogP contribution in [0.1, 0.15) is 45.2 Å². The molecule has 0 aromatic heterocycles. The molecule has 0 aliphatic carbocycles. The van der Waals surface area contributed by atoms with Gasteiger partial charge in [-0.2, -0.15) is 0 Å². The summed E-state index contributed by atoms with van der Waals surface area (Å²) in [6.45, 7) is 7.48. The van der Waals surface area contributed by atoms with E-state index >= 15 is 0 Å². The Hall–Kier alpha value is -1.13. The van der Waals surface area contributed by atoms with E-state index in [4.69, 9.17) is 10.5 Å². The molecule has 1 aromatic carbocycles. The number of rotatable bonds is 8. The molecule has 4 heteroatoms. The van der Waals surface area contributed by atoms with Gasteiger partial charge in [0.2, 0.25) is 0 Å². The van der Waals surface area contributed by atoms with Crippen molar-refractivity contribution in [2.75, 3.05) is 25.2 Å². The van der Waals surface area contributed by atoms with Gasteiger partial charge in [0.1, 0.15) is 5.82 Å². The minimum Gasteiger partial charge on any atom is -0.383 e. The SMILES string of the molecule is CCC(CC)N(CCOC)c1cccc(F)c1C(C)N. The van der Waals surface area contributed by atoms with Crippen LogP contribution >= 0.6 is 0 Å². The number of ether oxygens (including phenoxy) is 1. The molecule has 2 N–H and O–H groups in total. The highest BCUT2D eigenvalue weighted by molar-refractivity contribution is 5.56. The minimum absolute atomic E-state index is 0.231. The highest BCUT2D eigenvalue weighted by atomic mass is 19.1. The Balaban J connectivity index is 3.22. The minimum atomic E-state index is -0.328. The van der Waals surface area contributed by atoms with Gasteiger partial charge in [0, 0.05) is 37.0 Å². The lowest BCUT2D eigenvalue weighted by Gasteiger charge is -2.34. The van der Waals surface area contributed by atoms with E-state index in [-0.39, 0.29) is 11.9 Å². The highest BCUT2D eigenvalue weighted by Crippen LogP contribution is 2.30. The van der Waals surface area contributed by atoms with Gasteiger partial charge in [0.15, 0.2) is 0 Å². The van der Waals surface area contributed by atoms with Crippen LogP contribution in [-0.2, 0) is 4.74 Å². The number of halogens is 1. The summed E-state index contributed by atoms with van der Waals surface area (Å²) in [6.07, 6.45) is 2.02. The van der Waals surface area contributed by atoms with Crippen molar-refractivity contribution in [3.63, 3.8) is 0 Å². The average Bonchev–Trinajstić information content (AvgIpc) is 2.42. The number of nitrogens with zero attached hydrogens (tertiary/aromatic N) is 1. The van der Waals surface area contributed by atoms with Crippen LogP contribution in [0.15, 0.2) is 18.2 Å². The summed E-state index contributed by atoms with van der Waals surface area (Å²) < 4.78 is 19.3. The first-order valence-electron chi connectivity index (χ1n) is 7.36. The van der Waals surface area contributed by atoms with E-state index in [1.165, 1.54) is 6.07 Å². The number of hydrogen-bond acceptors (Lipinski definition) is 3. The molecular weight excluding hydrogens is 255 g/mol. The molecule has 1 atom stereocenters. The molecular formula is C16H27FN2O. The van der Waals surface area contributed by atoms with E-state index in [2.05, 4.69) is 18.7 Å². The van der Waals surface area contributed by atoms with Gasteiger partial charge in [-0.15, -0.1) is 0 Å². The molecule has 0 fully saturated rings. The second kappa shape index (κ2) is 8.22. The monoisotopic (exact) mass is 282 g/mol. The van der Waals surface area contributed by atoms with Crippen LogP contribution in [-0.4, -0.2) is 26.3 Å². The zero-order valence-corrected chi connectivity index (χ0v) is 13.0. The summed E-state index contributed by atoms with van der Waals surface area (Å²) >= 11 is 0. The van der Waals surface area contributed by atoms with Crippen molar-refractivity contribution in [2.24, 2.45) is 5.73 Å². The van der Waals surface area contributed by atoms with Gasteiger partial charge in [0.05, 0.1) is 6.61 Å². The molecule has 0 heterocycles. The zero-order chi connectivity index (χ0) is 15.1. The molecule has 0 bridgehead atoms. The van der Waals surface area contributed by atoms with E-state index in [0.29, 0.717) is 18.2 Å². The quantitative estimate of drug-likeness (QED) is 0.793. The van der Waals surface area contributed by atoms with Gasteiger partial charge in [-0.25, -0.2) is 4.39 Å². The first kappa shape index (κ1) is 16.9. The first-order chi connectivity index (χ1) is 9.56. The van der Waals surface area contributed by atoms with Crippen molar-refractivity contribution in [1.29, 1.82) is 0 Å². The van der Waals surface area contributed by atoms with E-state index < -0.39 is 0 Å². The third-order valence-electron chi connectivity index (χ3n) is 3.71. The molecule has 0 saturated carbocycles. The second-order valence-corrected chi connectivity index (χ2v) is 5.12. The maximum atomic E-state index is 14.1. The molecule has 1 unspecified atom stereocenters. The van der Waals surface area contributed by atoms with Gasteiger partial charge in [0.25, 0.3) is 0 Å². The molecule has 1 aromatic rings. The fraction of sp³-hybridized carbons (Fsp3) is 0.625. The topological polar surface area (TPSA) is 38.5 Å². The molecule has 1 rings (SSSR count). The molecule has 20 heavy (non-hydrogen) atoms. The second-order valence-electron chi connectivity index (χ2n) is 5.12. The van der Waals surface area contributed by atoms with Crippen molar-refractivity contribution in [1.82, 2.24) is 0 Å². The van der Waals surface area contributed by atoms with Crippen LogP contribution in [0.4, 0.5) is 10.1 Å². The Morgan fingerprint density at radius 3 is 2.45 bits per heavy atom. The number of hydrogen-bond donors (Lipinski definition) is 1. The van der Waals surface area contributed by atoms with Gasteiger partial charge in [-0.1, -0.05) is 19.9 Å². The molecule has 3 nitrogen and oxygen atoms in total. The van der Waals surface area contributed by atoms with Crippen LogP contribution in [0, 0.1) is 5.82 Å². The van der Waals surface area contributed by atoms with Crippen molar-refractivity contribution >= 4 is 5.69 Å². The standard InChI is InChI=1S/C16H27FN2O/c1-5-13(6-2)19(10-11-20-4)15-9-7-8-14(17)16(15)12(3)18/h7-9,12-13H,5-6,10-11,18H2,1-4H3. The summed E-state index contributed by atoms with van der Waals surface area (Å²) in [6, 6.07) is 5.22. The Bertz CT molecular complexity index is 405. The molecule has 0 amide bonds. The fourth-order valence-corrected chi connectivity index (χ4v) is 2.65. The molecule has 0 radical (unpaired) electrons. The average molecular weight is 282 g/mol. The van der Waals surface area contributed by atoms with Gasteiger partial charge < -0.3 is 15.4 Å². The predicted molar refractivity (Wildman–Crippen MR) is 82.6 cm³/mol. The highest BCUT2D eigenvalue weighted by Gasteiger charge is 2.21. The van der Waals surface area contributed by atoms with Gasteiger partial charge in [-0.05, 0) is 31.9 Å². The number of benzene rings is 1. The largest absolute Gasteiger partial charge is 0.383 e. The van der Waals surface area contributed by atoms with Crippen molar-refractivity contribution in [2.45, 2.75) is 45.7 Å². The number of methoxy groups -OCH3 is 1. The fourth-order valence-electron chi connectivity index (χ4n) is 2.65. The van der Waals surface area contributed by atoms with Gasteiger partial charge >= 0.3 is 0 Å². The molecule has 0 aliphatic heterocycles. The number of anilines is 1. The Kier molecular flexibility index (Phi) is 6.96. The normalized spacial score (nSPS) is 12.8. The van der Waals surface area contributed by atoms with E-state index in [1.54, 1.807) is 13.2 Å². The maximum Gasteiger partial charge on any atom is 0.130 e. The van der Waals surface area contributed by atoms with Crippen LogP contribution in [0.3, 0.4) is 0 Å². The first-order valence-corrected chi connectivity index (χ1v) is 7.36. The Morgan fingerprint density at radius 1 is 1.30 bits per heavy atom. The third-order valence-corrected chi connectivity index (χ3v) is 3.71. The van der Waals surface area contributed by atoms with Crippen molar-refractivity contribution in [3.8, 4) is 0 Å². The molecule has 0 aliphatic rings. The summed E-state index contributed by atoms with van der Waals surface area (Å²) in [5.41, 5.74) is 7.45. The number of nitrogens with two attached hydrogens (primary N) is 1. The summed E-state index contributed by atoms with van der Waals surface area (Å²) in [7, 11) is 1.68. The summed E-state index contributed by atoms with van der Waals surface area (Å²) in [4.78, 5) is 2.23. The Labute approximate surface area is 121 Å². The van der Waals surface area contributed by atoms with Gasteiger partial charge in [-0.3, -0.25) is 0 Å². The third kappa shape index (κ3) is 3.93. The lowest BCUT2D eigenvalue weighted by atomic mass is 10.0. The summed E-state index contributed by atoms with van der Waals surface area (Å²) in [5.74, 6) is -0.231. The van der Waals surface area contributed by atoms with Crippen LogP contribution in [0.5, 0.6) is 0 Å². The van der Waals surface area contributed by atoms with E-state index in [0.717, 1.165) is 25.1 Å². The lowest BCUT2D eigenvalue weighted by molar-refractivity contribution is 0.202. The molecule has 0 saturated heterocycles. The van der Waals surface area contributed by atoms with Crippen molar-refractivity contribution < 1.29 is 9.13 Å². The van der Waals surface area contributed by atoms with Crippen LogP contribution < -0.4 is 10.6 Å². The van der Waals surface area contributed by atoms with Crippen molar-refractivity contribution in [3.05, 3.63) is 29.6 Å². The molecule has 0 spiro atoms. The molecule has 114 valence electrons.